The second-order valence-electron chi connectivity index (χ2n) is 5.10. The third-order valence-corrected chi connectivity index (χ3v) is 3.74. The fourth-order valence-corrected chi connectivity index (χ4v) is 2.48. The third kappa shape index (κ3) is 6.82. The average Bonchev–Trinajstić information content (AvgIpc) is 2.60. The van der Waals surface area contributed by atoms with Crippen molar-refractivity contribution in [3.05, 3.63) is 52.5 Å². The molecule has 2 aromatic carbocycles. The molecule has 0 fully saturated rings. The molecule has 2 aromatic rings. The minimum Gasteiger partial charge on any atom is -0.491 e. The molecule has 0 aliphatic carbocycles. The number of benzene rings is 2. The van der Waals surface area contributed by atoms with Crippen LogP contribution in [-0.2, 0) is 9.53 Å². The summed E-state index contributed by atoms with van der Waals surface area (Å²) in [6, 6.07) is 12.3. The molecular weight excluding hydrogens is 363 g/mol. The van der Waals surface area contributed by atoms with Gasteiger partial charge in [0, 0.05) is 23.4 Å². The largest absolute Gasteiger partial charge is 0.491 e. The summed E-state index contributed by atoms with van der Waals surface area (Å²) in [6.07, 6.45) is 0. The molecule has 0 heterocycles. The van der Waals surface area contributed by atoms with E-state index in [9.17, 15) is 4.79 Å². The van der Waals surface area contributed by atoms with Crippen molar-refractivity contribution in [1.82, 2.24) is 0 Å². The van der Waals surface area contributed by atoms with Crippen molar-refractivity contribution in [1.29, 1.82) is 0 Å². The minimum atomic E-state index is -0.216. The van der Waals surface area contributed by atoms with E-state index in [-0.39, 0.29) is 12.5 Å². The highest BCUT2D eigenvalue weighted by Crippen LogP contribution is 2.25. The van der Waals surface area contributed by atoms with Crippen molar-refractivity contribution in [2.45, 2.75) is 6.92 Å². The number of hydrogen-bond acceptors (Lipinski definition) is 4. The average molecular weight is 383 g/mol. The van der Waals surface area contributed by atoms with Gasteiger partial charge >= 0.3 is 0 Å². The Bertz CT molecular complexity index is 710. The van der Waals surface area contributed by atoms with Gasteiger partial charge in [0.05, 0.1) is 23.9 Å². The van der Waals surface area contributed by atoms with Crippen molar-refractivity contribution < 1.29 is 14.3 Å². The SMILES string of the molecule is CCOCCOc1cccc(NCC(=O)Nc2ccc(Cl)cc2Cl)c1. The summed E-state index contributed by atoms with van der Waals surface area (Å²) in [4.78, 5) is 12.0. The lowest BCUT2D eigenvalue weighted by atomic mass is 10.3. The smallest absolute Gasteiger partial charge is 0.243 e. The Balaban J connectivity index is 1.82. The van der Waals surface area contributed by atoms with E-state index in [2.05, 4.69) is 10.6 Å². The normalized spacial score (nSPS) is 10.4. The van der Waals surface area contributed by atoms with Gasteiger partial charge in [-0.25, -0.2) is 0 Å². The summed E-state index contributed by atoms with van der Waals surface area (Å²) in [7, 11) is 0. The van der Waals surface area contributed by atoms with Gasteiger partial charge in [-0.05, 0) is 37.3 Å². The summed E-state index contributed by atoms with van der Waals surface area (Å²) in [5.41, 5.74) is 1.30. The van der Waals surface area contributed by atoms with Crippen LogP contribution >= 0.6 is 23.2 Å². The molecule has 7 heteroatoms. The van der Waals surface area contributed by atoms with E-state index in [1.165, 1.54) is 0 Å². The molecule has 0 unspecified atom stereocenters. The molecule has 25 heavy (non-hydrogen) atoms. The second kappa shape index (κ2) is 10.1. The first kappa shape index (κ1) is 19.4. The molecule has 5 nitrogen and oxygen atoms in total. The minimum absolute atomic E-state index is 0.0986. The van der Waals surface area contributed by atoms with Gasteiger partial charge in [-0.3, -0.25) is 4.79 Å². The van der Waals surface area contributed by atoms with E-state index in [0.717, 1.165) is 5.69 Å². The van der Waals surface area contributed by atoms with Crippen LogP contribution in [0.25, 0.3) is 0 Å². The number of ether oxygens (including phenoxy) is 2. The Kier molecular flexibility index (Phi) is 7.85. The van der Waals surface area contributed by atoms with E-state index in [1.807, 2.05) is 31.2 Å². The molecule has 134 valence electrons. The molecule has 0 aliphatic heterocycles. The van der Waals surface area contributed by atoms with Gasteiger partial charge in [0.15, 0.2) is 0 Å². The van der Waals surface area contributed by atoms with Crippen LogP contribution < -0.4 is 15.4 Å². The summed E-state index contributed by atoms with van der Waals surface area (Å²) >= 11 is 11.9. The quantitative estimate of drug-likeness (QED) is 0.628. The van der Waals surface area contributed by atoms with Crippen LogP contribution in [0.15, 0.2) is 42.5 Å². The lowest BCUT2D eigenvalue weighted by molar-refractivity contribution is -0.114. The van der Waals surface area contributed by atoms with Crippen LogP contribution in [0.5, 0.6) is 5.75 Å². The van der Waals surface area contributed by atoms with Crippen molar-refractivity contribution in [3.8, 4) is 5.75 Å². The second-order valence-corrected chi connectivity index (χ2v) is 5.94. The maximum atomic E-state index is 12.0. The molecule has 0 aliphatic rings. The first-order chi connectivity index (χ1) is 12.1. The Morgan fingerprint density at radius 3 is 2.72 bits per heavy atom. The molecular formula is C18H20Cl2N2O3. The number of rotatable bonds is 9. The Hall–Kier alpha value is -1.95. The molecule has 0 aromatic heterocycles. The number of anilines is 2. The van der Waals surface area contributed by atoms with Gasteiger partial charge in [-0.1, -0.05) is 29.3 Å². The summed E-state index contributed by atoms with van der Waals surface area (Å²) < 4.78 is 10.8. The zero-order chi connectivity index (χ0) is 18.1. The zero-order valence-electron chi connectivity index (χ0n) is 13.9. The van der Waals surface area contributed by atoms with Crippen LogP contribution in [0.2, 0.25) is 10.0 Å². The van der Waals surface area contributed by atoms with Crippen LogP contribution in [-0.4, -0.2) is 32.3 Å². The molecule has 0 saturated heterocycles. The van der Waals surface area contributed by atoms with Crippen LogP contribution in [0, 0.1) is 0 Å². The first-order valence-electron chi connectivity index (χ1n) is 7.88. The zero-order valence-corrected chi connectivity index (χ0v) is 15.4. The standard InChI is InChI=1S/C18H20Cl2N2O3/c1-2-24-8-9-25-15-5-3-4-14(11-15)21-12-18(23)22-17-7-6-13(19)10-16(17)20/h3-7,10-11,21H,2,8-9,12H2,1H3,(H,22,23). The van der Waals surface area contributed by atoms with Crippen LogP contribution in [0.3, 0.4) is 0 Å². The Labute approximate surface area is 157 Å². The molecule has 2 N–H and O–H groups in total. The van der Waals surface area contributed by atoms with Crippen molar-refractivity contribution in [2.75, 3.05) is 37.0 Å². The predicted octanol–water partition coefficient (Wildman–Crippen LogP) is 4.46. The fraction of sp³-hybridized carbons (Fsp3) is 0.278. The molecule has 0 spiro atoms. The number of carbonyl (C=O) groups is 1. The van der Waals surface area contributed by atoms with E-state index >= 15 is 0 Å². The van der Waals surface area contributed by atoms with Crippen LogP contribution in [0.4, 0.5) is 11.4 Å². The molecule has 0 radical (unpaired) electrons. The van der Waals surface area contributed by atoms with Gasteiger partial charge in [-0.2, -0.15) is 0 Å². The maximum Gasteiger partial charge on any atom is 0.243 e. The highest BCUT2D eigenvalue weighted by molar-refractivity contribution is 6.36. The molecule has 0 atom stereocenters. The molecule has 1 amide bonds. The summed E-state index contributed by atoms with van der Waals surface area (Å²) in [6.45, 7) is 3.72. The van der Waals surface area contributed by atoms with E-state index in [1.54, 1.807) is 18.2 Å². The van der Waals surface area contributed by atoms with E-state index in [0.29, 0.717) is 41.3 Å². The molecule has 0 bridgehead atoms. The number of halogens is 2. The van der Waals surface area contributed by atoms with Gasteiger partial charge in [0.25, 0.3) is 0 Å². The number of hydrogen-bond donors (Lipinski definition) is 2. The lowest BCUT2D eigenvalue weighted by Crippen LogP contribution is -2.21. The molecule has 0 saturated carbocycles. The van der Waals surface area contributed by atoms with E-state index < -0.39 is 0 Å². The van der Waals surface area contributed by atoms with Gasteiger partial charge in [0.1, 0.15) is 12.4 Å². The highest BCUT2D eigenvalue weighted by atomic mass is 35.5. The number of amides is 1. The van der Waals surface area contributed by atoms with E-state index in [4.69, 9.17) is 32.7 Å². The monoisotopic (exact) mass is 382 g/mol. The summed E-state index contributed by atoms with van der Waals surface area (Å²) in [5.74, 6) is 0.498. The first-order valence-corrected chi connectivity index (χ1v) is 8.63. The summed E-state index contributed by atoms with van der Waals surface area (Å²) in [5, 5.41) is 6.69. The Morgan fingerprint density at radius 1 is 1.12 bits per heavy atom. The lowest BCUT2D eigenvalue weighted by Gasteiger charge is -2.11. The number of carbonyl (C=O) groups excluding carboxylic acids is 1. The van der Waals surface area contributed by atoms with Gasteiger partial charge in [0.2, 0.25) is 5.91 Å². The van der Waals surface area contributed by atoms with Crippen molar-refractivity contribution in [2.24, 2.45) is 0 Å². The van der Waals surface area contributed by atoms with Gasteiger partial charge < -0.3 is 20.1 Å². The predicted molar refractivity (Wildman–Crippen MR) is 102 cm³/mol. The fourth-order valence-electron chi connectivity index (χ4n) is 2.03. The van der Waals surface area contributed by atoms with Gasteiger partial charge in [-0.15, -0.1) is 0 Å². The maximum absolute atomic E-state index is 12.0. The Morgan fingerprint density at radius 2 is 1.96 bits per heavy atom. The van der Waals surface area contributed by atoms with Crippen molar-refractivity contribution >= 4 is 40.5 Å². The topological polar surface area (TPSA) is 59.6 Å². The third-order valence-electron chi connectivity index (χ3n) is 3.19. The van der Waals surface area contributed by atoms with Crippen LogP contribution in [0.1, 0.15) is 6.92 Å². The molecule has 2 rings (SSSR count). The highest BCUT2D eigenvalue weighted by Gasteiger charge is 2.06. The number of nitrogens with one attached hydrogen (secondary N) is 2. The van der Waals surface area contributed by atoms with Crippen molar-refractivity contribution in [3.63, 3.8) is 0 Å².